The predicted molar refractivity (Wildman–Crippen MR) is 96.3 cm³/mol. The molecule has 3 heterocycles. The highest BCUT2D eigenvalue weighted by Gasteiger charge is 2.59. The van der Waals surface area contributed by atoms with Crippen LogP contribution in [0.5, 0.6) is 0 Å². The second-order valence-corrected chi connectivity index (χ2v) is 8.06. The van der Waals surface area contributed by atoms with Crippen molar-refractivity contribution in [1.29, 1.82) is 0 Å². The molecule has 0 unspecified atom stereocenters. The van der Waals surface area contributed by atoms with Gasteiger partial charge in [0.1, 0.15) is 5.41 Å². The monoisotopic (exact) mass is 378 g/mol. The van der Waals surface area contributed by atoms with Crippen LogP contribution in [0.2, 0.25) is 5.02 Å². The highest BCUT2D eigenvalue weighted by atomic mass is 35.5. The number of fused-ring (bicyclic) bond motifs is 1. The van der Waals surface area contributed by atoms with Gasteiger partial charge in [-0.25, -0.2) is 0 Å². The number of benzene rings is 1. The van der Waals surface area contributed by atoms with Gasteiger partial charge in [-0.2, -0.15) is 0 Å². The molecule has 0 radical (unpaired) electrons. The molecule has 4 rings (SSSR count). The van der Waals surface area contributed by atoms with Gasteiger partial charge in [0.25, 0.3) is 5.91 Å². The fourth-order valence-corrected chi connectivity index (χ4v) is 4.88. The van der Waals surface area contributed by atoms with Crippen molar-refractivity contribution in [2.75, 3.05) is 39.4 Å². The number of hydrogen-bond donors (Lipinski definition) is 1. The molecule has 1 aromatic rings. The Morgan fingerprint density at radius 1 is 1.19 bits per heavy atom. The summed E-state index contributed by atoms with van der Waals surface area (Å²) in [6.45, 7) is 3.47. The second kappa shape index (κ2) is 6.83. The van der Waals surface area contributed by atoms with Gasteiger partial charge in [-0.1, -0.05) is 17.7 Å². The highest BCUT2D eigenvalue weighted by Crippen LogP contribution is 2.44. The summed E-state index contributed by atoms with van der Waals surface area (Å²) in [7, 11) is 0. The number of amides is 1. The molecule has 2 atom stereocenters. The molecule has 0 bridgehead atoms. The van der Waals surface area contributed by atoms with Gasteiger partial charge in [0.05, 0.1) is 0 Å². The van der Waals surface area contributed by atoms with E-state index >= 15 is 0 Å². The minimum atomic E-state index is -0.869. The first kappa shape index (κ1) is 17.8. The molecule has 3 fully saturated rings. The molecule has 3 saturated heterocycles. The van der Waals surface area contributed by atoms with Crippen molar-refractivity contribution < 1.29 is 19.4 Å². The van der Waals surface area contributed by atoms with E-state index in [0.717, 1.165) is 32.6 Å². The SMILES string of the molecule is O=C(c1cccc(Cl)c1)N1C[C@H]2CN(C3CCOCC3)C[C@@]2(C(=O)O)C1. The summed E-state index contributed by atoms with van der Waals surface area (Å²) in [5.74, 6) is -0.968. The van der Waals surface area contributed by atoms with Gasteiger partial charge in [0.15, 0.2) is 0 Å². The molecule has 1 N–H and O–H groups in total. The molecule has 0 saturated carbocycles. The number of carbonyl (C=O) groups excluding carboxylic acids is 1. The predicted octanol–water partition coefficient (Wildman–Crippen LogP) is 1.98. The van der Waals surface area contributed by atoms with Crippen molar-refractivity contribution in [2.45, 2.75) is 18.9 Å². The summed E-state index contributed by atoms with van der Waals surface area (Å²) in [5.41, 5.74) is -0.355. The molecule has 1 aromatic carbocycles. The molecular weight excluding hydrogens is 356 g/mol. The van der Waals surface area contributed by atoms with Gasteiger partial charge >= 0.3 is 5.97 Å². The summed E-state index contributed by atoms with van der Waals surface area (Å²) in [6, 6.07) is 7.22. The maximum absolute atomic E-state index is 12.8. The van der Waals surface area contributed by atoms with Crippen molar-refractivity contribution in [3.8, 4) is 0 Å². The van der Waals surface area contributed by atoms with Crippen molar-refractivity contribution in [3.63, 3.8) is 0 Å². The molecular formula is C19H23ClN2O4. The first-order valence-electron chi connectivity index (χ1n) is 9.10. The maximum Gasteiger partial charge on any atom is 0.313 e. The van der Waals surface area contributed by atoms with Crippen LogP contribution in [0.3, 0.4) is 0 Å². The van der Waals surface area contributed by atoms with E-state index in [1.807, 2.05) is 0 Å². The number of rotatable bonds is 3. The quantitative estimate of drug-likeness (QED) is 0.870. The van der Waals surface area contributed by atoms with E-state index in [2.05, 4.69) is 4.90 Å². The summed E-state index contributed by atoms with van der Waals surface area (Å²) < 4.78 is 5.43. The number of likely N-dealkylation sites (tertiary alicyclic amines) is 2. The van der Waals surface area contributed by atoms with Gasteiger partial charge in [-0.05, 0) is 31.0 Å². The third-order valence-electron chi connectivity index (χ3n) is 6.13. The van der Waals surface area contributed by atoms with Crippen LogP contribution in [0.25, 0.3) is 0 Å². The minimum Gasteiger partial charge on any atom is -0.481 e. The van der Waals surface area contributed by atoms with E-state index in [9.17, 15) is 14.7 Å². The first-order chi connectivity index (χ1) is 12.5. The summed E-state index contributed by atoms with van der Waals surface area (Å²) in [5, 5.41) is 10.5. The van der Waals surface area contributed by atoms with E-state index in [1.54, 1.807) is 29.2 Å². The Kier molecular flexibility index (Phi) is 4.67. The highest BCUT2D eigenvalue weighted by molar-refractivity contribution is 6.30. The summed E-state index contributed by atoms with van der Waals surface area (Å²) in [6.07, 6.45) is 1.90. The third kappa shape index (κ3) is 3.00. The molecule has 26 heavy (non-hydrogen) atoms. The van der Waals surface area contributed by atoms with E-state index in [0.29, 0.717) is 29.7 Å². The molecule has 1 amide bonds. The van der Waals surface area contributed by atoms with Crippen molar-refractivity contribution in [1.82, 2.24) is 9.80 Å². The van der Waals surface area contributed by atoms with Gasteiger partial charge in [-0.3, -0.25) is 14.5 Å². The number of carboxylic acids is 1. The van der Waals surface area contributed by atoms with E-state index in [4.69, 9.17) is 16.3 Å². The van der Waals surface area contributed by atoms with Crippen LogP contribution in [-0.2, 0) is 9.53 Å². The van der Waals surface area contributed by atoms with Crippen molar-refractivity contribution >= 4 is 23.5 Å². The van der Waals surface area contributed by atoms with Crippen LogP contribution in [0.15, 0.2) is 24.3 Å². The topological polar surface area (TPSA) is 70.1 Å². The fraction of sp³-hybridized carbons (Fsp3) is 0.579. The zero-order valence-electron chi connectivity index (χ0n) is 14.6. The van der Waals surface area contributed by atoms with Crippen LogP contribution >= 0.6 is 11.6 Å². The minimum absolute atomic E-state index is 0.0361. The van der Waals surface area contributed by atoms with E-state index in [1.165, 1.54) is 0 Å². The summed E-state index contributed by atoms with van der Waals surface area (Å²) in [4.78, 5) is 29.0. The lowest BCUT2D eigenvalue weighted by Gasteiger charge is -2.33. The molecule has 0 spiro atoms. The largest absolute Gasteiger partial charge is 0.481 e. The number of hydrogen-bond acceptors (Lipinski definition) is 4. The number of aliphatic carboxylic acids is 1. The van der Waals surface area contributed by atoms with Crippen LogP contribution < -0.4 is 0 Å². The van der Waals surface area contributed by atoms with Crippen molar-refractivity contribution in [2.24, 2.45) is 11.3 Å². The number of ether oxygens (including phenoxy) is 1. The number of carbonyl (C=O) groups is 2. The second-order valence-electron chi connectivity index (χ2n) is 7.63. The fourth-order valence-electron chi connectivity index (χ4n) is 4.69. The smallest absolute Gasteiger partial charge is 0.313 e. The maximum atomic E-state index is 12.8. The Labute approximate surface area is 157 Å². The molecule has 0 aliphatic carbocycles. The normalized spacial score (nSPS) is 29.7. The lowest BCUT2D eigenvalue weighted by Crippen LogP contribution is -2.45. The number of halogens is 1. The Bertz CT molecular complexity index is 721. The summed E-state index contributed by atoms with van der Waals surface area (Å²) >= 11 is 5.99. The Morgan fingerprint density at radius 3 is 2.62 bits per heavy atom. The first-order valence-corrected chi connectivity index (χ1v) is 9.47. The third-order valence-corrected chi connectivity index (χ3v) is 6.36. The average molecular weight is 379 g/mol. The van der Waals surface area contributed by atoms with Crippen LogP contribution in [0.1, 0.15) is 23.2 Å². The van der Waals surface area contributed by atoms with Gasteiger partial charge < -0.3 is 14.7 Å². The standard InChI is InChI=1S/C19H23ClN2O4/c20-15-3-1-2-13(8-15)17(23)22-10-14-9-21(16-4-6-26-7-5-16)11-19(14,12-22)18(24)25/h1-3,8,14,16H,4-7,9-12H2,(H,24,25)/t14-,19-/m1/s1. The molecule has 140 valence electrons. The van der Waals surface area contributed by atoms with E-state index in [-0.39, 0.29) is 18.4 Å². The van der Waals surface area contributed by atoms with Crippen molar-refractivity contribution in [3.05, 3.63) is 34.9 Å². The average Bonchev–Trinajstić information content (AvgIpc) is 3.17. The van der Waals surface area contributed by atoms with Gasteiger partial charge in [0, 0.05) is 61.9 Å². The van der Waals surface area contributed by atoms with Crippen LogP contribution in [0.4, 0.5) is 0 Å². The molecule has 3 aliphatic rings. The van der Waals surface area contributed by atoms with Gasteiger partial charge in [-0.15, -0.1) is 0 Å². The molecule has 3 aliphatic heterocycles. The van der Waals surface area contributed by atoms with Crippen LogP contribution in [0, 0.1) is 11.3 Å². The zero-order valence-corrected chi connectivity index (χ0v) is 15.3. The Hall–Kier alpha value is -1.63. The number of carboxylic acid groups (broad SMARTS) is 1. The van der Waals surface area contributed by atoms with Gasteiger partial charge in [0.2, 0.25) is 0 Å². The lowest BCUT2D eigenvalue weighted by atomic mass is 9.81. The lowest BCUT2D eigenvalue weighted by molar-refractivity contribution is -0.148. The Balaban J connectivity index is 1.51. The molecule has 6 nitrogen and oxygen atoms in total. The zero-order chi connectivity index (χ0) is 18.3. The van der Waals surface area contributed by atoms with E-state index < -0.39 is 11.4 Å². The molecule has 0 aromatic heterocycles. The van der Waals surface area contributed by atoms with Crippen LogP contribution in [-0.4, -0.2) is 72.2 Å². The number of nitrogens with zero attached hydrogens (tertiary/aromatic N) is 2. The Morgan fingerprint density at radius 2 is 1.96 bits per heavy atom. The molecule has 7 heteroatoms.